The van der Waals surface area contributed by atoms with Crippen LogP contribution in [-0.2, 0) is 0 Å². The van der Waals surface area contributed by atoms with E-state index in [-0.39, 0.29) is 24.0 Å². The van der Waals surface area contributed by atoms with Gasteiger partial charge in [0, 0.05) is 12.6 Å². The number of nitrogens with zero attached hydrogens (tertiary/aromatic N) is 2. The zero-order valence-electron chi connectivity index (χ0n) is 13.7. The Morgan fingerprint density at radius 2 is 1.96 bits per heavy atom. The second-order valence-corrected chi connectivity index (χ2v) is 6.30. The number of carbonyl (C=O) groups excluding carboxylic acids is 1. The van der Waals surface area contributed by atoms with Crippen LogP contribution in [0.1, 0.15) is 30.3 Å². The maximum Gasteiger partial charge on any atom is 0.272 e. The molecular formula is C17H20ClFN4O2. The van der Waals surface area contributed by atoms with Crippen molar-refractivity contribution in [1.29, 1.82) is 0 Å². The molecule has 3 N–H and O–H groups in total. The van der Waals surface area contributed by atoms with Crippen molar-refractivity contribution in [3.63, 3.8) is 0 Å². The van der Waals surface area contributed by atoms with Gasteiger partial charge in [0.2, 0.25) is 0 Å². The molecule has 1 atom stereocenters. The van der Waals surface area contributed by atoms with Gasteiger partial charge in [-0.2, -0.15) is 9.78 Å². The predicted molar refractivity (Wildman–Crippen MR) is 94.7 cm³/mol. The van der Waals surface area contributed by atoms with Crippen LogP contribution in [0.25, 0.3) is 5.69 Å². The monoisotopic (exact) mass is 366 g/mol. The first kappa shape index (κ1) is 19.1. The van der Waals surface area contributed by atoms with Crippen molar-refractivity contribution in [2.75, 3.05) is 6.54 Å². The molecule has 134 valence electrons. The molecule has 0 saturated heterocycles. The summed E-state index contributed by atoms with van der Waals surface area (Å²) in [6.07, 6.45) is 2.08. The fraction of sp³-hybridized carbons (Fsp3) is 0.353. The Morgan fingerprint density at radius 1 is 1.32 bits per heavy atom. The second-order valence-electron chi connectivity index (χ2n) is 6.30. The Kier molecular flexibility index (Phi) is 5.59. The summed E-state index contributed by atoms with van der Waals surface area (Å²) in [5.74, 6) is -0.427. The summed E-state index contributed by atoms with van der Waals surface area (Å²) in [4.78, 5) is 24.5. The zero-order chi connectivity index (χ0) is 17.3. The number of nitrogens with two attached hydrogens (primary N) is 1. The van der Waals surface area contributed by atoms with Crippen molar-refractivity contribution in [3.8, 4) is 5.69 Å². The van der Waals surface area contributed by atoms with Crippen LogP contribution in [0.5, 0.6) is 0 Å². The minimum Gasteiger partial charge on any atom is -0.344 e. The van der Waals surface area contributed by atoms with Crippen molar-refractivity contribution >= 4 is 18.3 Å². The fourth-order valence-corrected chi connectivity index (χ4v) is 2.66. The third kappa shape index (κ3) is 4.05. The first-order chi connectivity index (χ1) is 11.4. The second kappa shape index (κ2) is 7.33. The molecule has 0 bridgehead atoms. The fourth-order valence-electron chi connectivity index (χ4n) is 2.66. The molecule has 8 heteroatoms. The average Bonchev–Trinajstić information content (AvgIpc) is 3.41. The summed E-state index contributed by atoms with van der Waals surface area (Å²) in [5, 5.41) is 7.03. The van der Waals surface area contributed by atoms with E-state index >= 15 is 0 Å². The number of rotatable bonds is 5. The van der Waals surface area contributed by atoms with Gasteiger partial charge in [-0.3, -0.25) is 9.59 Å². The van der Waals surface area contributed by atoms with Crippen molar-refractivity contribution < 1.29 is 9.18 Å². The highest BCUT2D eigenvalue weighted by Gasteiger charge is 2.41. The van der Waals surface area contributed by atoms with E-state index in [0.29, 0.717) is 18.2 Å². The van der Waals surface area contributed by atoms with Gasteiger partial charge in [-0.1, -0.05) is 0 Å². The number of carbonyl (C=O) groups is 1. The van der Waals surface area contributed by atoms with Crippen molar-refractivity contribution in [3.05, 3.63) is 58.3 Å². The quantitative estimate of drug-likeness (QED) is 0.842. The Morgan fingerprint density at radius 3 is 2.52 bits per heavy atom. The maximum atomic E-state index is 13.0. The lowest BCUT2D eigenvalue weighted by Gasteiger charge is -2.29. The van der Waals surface area contributed by atoms with Gasteiger partial charge in [0.05, 0.1) is 11.2 Å². The average molecular weight is 367 g/mol. The Balaban J connectivity index is 0.00000225. The molecule has 1 heterocycles. The molecule has 1 aromatic heterocycles. The Labute approximate surface area is 150 Å². The molecule has 3 rings (SSSR count). The molecule has 6 nitrogen and oxygen atoms in total. The molecule has 1 aliphatic rings. The molecule has 1 saturated carbocycles. The third-order valence-electron chi connectivity index (χ3n) is 4.41. The molecule has 1 unspecified atom stereocenters. The number of amides is 1. The molecule has 0 radical (unpaired) electrons. The van der Waals surface area contributed by atoms with E-state index in [2.05, 4.69) is 10.4 Å². The SMILES string of the molecule is CC(CN)(NC(=O)c1ccc(=O)n(-c2ccc(F)cc2)n1)C1CC1.Cl. The minimum absolute atomic E-state index is 0. The molecule has 0 spiro atoms. The van der Waals surface area contributed by atoms with Gasteiger partial charge >= 0.3 is 0 Å². The van der Waals surface area contributed by atoms with Gasteiger partial charge in [-0.25, -0.2) is 4.39 Å². The van der Waals surface area contributed by atoms with Crippen molar-refractivity contribution in [2.24, 2.45) is 11.7 Å². The van der Waals surface area contributed by atoms with Gasteiger partial charge in [0.15, 0.2) is 0 Å². The molecule has 1 aromatic carbocycles. The Bertz CT molecular complexity index is 820. The van der Waals surface area contributed by atoms with E-state index in [4.69, 9.17) is 5.73 Å². The molecule has 25 heavy (non-hydrogen) atoms. The minimum atomic E-state index is -0.477. The summed E-state index contributed by atoms with van der Waals surface area (Å²) in [7, 11) is 0. The number of hydrogen-bond donors (Lipinski definition) is 2. The van der Waals surface area contributed by atoms with Crippen LogP contribution >= 0.6 is 12.4 Å². The number of nitrogens with one attached hydrogen (secondary N) is 1. The van der Waals surface area contributed by atoms with Crippen LogP contribution in [0.15, 0.2) is 41.2 Å². The van der Waals surface area contributed by atoms with Gasteiger partial charge in [0.25, 0.3) is 11.5 Å². The summed E-state index contributed by atoms with van der Waals surface area (Å²) in [6, 6.07) is 7.96. The summed E-state index contributed by atoms with van der Waals surface area (Å²) in [6.45, 7) is 2.25. The zero-order valence-corrected chi connectivity index (χ0v) is 14.6. The van der Waals surface area contributed by atoms with E-state index in [1.165, 1.54) is 36.4 Å². The van der Waals surface area contributed by atoms with Crippen LogP contribution in [0.4, 0.5) is 4.39 Å². The number of aromatic nitrogens is 2. The molecule has 0 aliphatic heterocycles. The van der Waals surface area contributed by atoms with Gasteiger partial charge in [0.1, 0.15) is 11.5 Å². The predicted octanol–water partition coefficient (Wildman–Crippen LogP) is 1.65. The van der Waals surface area contributed by atoms with Crippen LogP contribution in [-0.4, -0.2) is 27.8 Å². The van der Waals surface area contributed by atoms with E-state index in [1.807, 2.05) is 6.92 Å². The standard InChI is InChI=1S/C17H19FN4O2.ClH/c1-17(10-19,11-2-3-11)20-16(24)14-8-9-15(23)22(21-14)13-6-4-12(18)5-7-13;/h4-9,11H,2-3,10,19H2,1H3,(H,20,24);1H. The van der Waals surface area contributed by atoms with Crippen molar-refractivity contribution in [1.82, 2.24) is 15.1 Å². The summed E-state index contributed by atoms with van der Waals surface area (Å²) < 4.78 is 14.1. The maximum absolute atomic E-state index is 13.0. The smallest absolute Gasteiger partial charge is 0.272 e. The van der Waals surface area contributed by atoms with E-state index in [0.717, 1.165) is 17.5 Å². The Hall–Kier alpha value is -2.25. The van der Waals surface area contributed by atoms with E-state index < -0.39 is 16.9 Å². The van der Waals surface area contributed by atoms with Gasteiger partial charge in [-0.05, 0) is 56.0 Å². The lowest BCUT2D eigenvalue weighted by atomic mass is 9.96. The van der Waals surface area contributed by atoms with Crippen LogP contribution in [0.3, 0.4) is 0 Å². The lowest BCUT2D eigenvalue weighted by molar-refractivity contribution is 0.0890. The van der Waals surface area contributed by atoms with Gasteiger partial charge in [-0.15, -0.1) is 12.4 Å². The summed E-state index contributed by atoms with van der Waals surface area (Å²) in [5.41, 5.74) is 5.43. The number of benzene rings is 1. The highest BCUT2D eigenvalue weighted by Crippen LogP contribution is 2.39. The normalized spacial score (nSPS) is 15.8. The third-order valence-corrected chi connectivity index (χ3v) is 4.41. The first-order valence-corrected chi connectivity index (χ1v) is 7.82. The molecule has 2 aromatic rings. The number of halogens is 2. The topological polar surface area (TPSA) is 90.0 Å². The highest BCUT2D eigenvalue weighted by atomic mass is 35.5. The lowest BCUT2D eigenvalue weighted by Crippen LogP contribution is -2.53. The first-order valence-electron chi connectivity index (χ1n) is 7.82. The van der Waals surface area contributed by atoms with Crippen LogP contribution < -0.4 is 16.6 Å². The largest absolute Gasteiger partial charge is 0.344 e. The molecule has 1 fully saturated rings. The van der Waals surface area contributed by atoms with E-state index in [1.54, 1.807) is 0 Å². The number of hydrogen-bond acceptors (Lipinski definition) is 4. The van der Waals surface area contributed by atoms with Crippen LogP contribution in [0, 0.1) is 11.7 Å². The van der Waals surface area contributed by atoms with Crippen molar-refractivity contribution in [2.45, 2.75) is 25.3 Å². The van der Waals surface area contributed by atoms with Crippen LogP contribution in [0.2, 0.25) is 0 Å². The molecular weight excluding hydrogens is 347 g/mol. The molecule has 1 amide bonds. The van der Waals surface area contributed by atoms with E-state index in [9.17, 15) is 14.0 Å². The summed E-state index contributed by atoms with van der Waals surface area (Å²) >= 11 is 0. The highest BCUT2D eigenvalue weighted by molar-refractivity contribution is 5.92. The molecule has 1 aliphatic carbocycles. The van der Waals surface area contributed by atoms with Gasteiger partial charge < -0.3 is 11.1 Å².